The first kappa shape index (κ1) is 13.6. The molecule has 3 nitrogen and oxygen atoms in total. The Labute approximate surface area is 131 Å². The van der Waals surface area contributed by atoms with Crippen LogP contribution in [0.3, 0.4) is 0 Å². The van der Waals surface area contributed by atoms with Crippen LogP contribution in [-0.2, 0) is 12.8 Å². The Hall–Kier alpha value is -2.00. The molecule has 0 bridgehead atoms. The molecule has 1 aliphatic carbocycles. The van der Waals surface area contributed by atoms with E-state index in [-0.39, 0.29) is 0 Å². The number of nitrogens with zero attached hydrogens (tertiary/aromatic N) is 1. The molecule has 0 amide bonds. The van der Waals surface area contributed by atoms with E-state index in [1.165, 1.54) is 16.8 Å². The van der Waals surface area contributed by atoms with Gasteiger partial charge in [-0.3, -0.25) is 0 Å². The first-order valence-electron chi connectivity index (χ1n) is 8.06. The van der Waals surface area contributed by atoms with Crippen LogP contribution >= 0.6 is 0 Å². The minimum Gasteiger partial charge on any atom is -0.496 e. The Morgan fingerprint density at radius 3 is 2.73 bits per heavy atom. The monoisotopic (exact) mass is 294 g/mol. The van der Waals surface area contributed by atoms with Crippen LogP contribution in [0.2, 0.25) is 0 Å². The van der Waals surface area contributed by atoms with E-state index in [4.69, 9.17) is 4.74 Å². The van der Waals surface area contributed by atoms with Crippen LogP contribution in [0.5, 0.6) is 5.75 Å². The molecule has 0 saturated carbocycles. The quantitative estimate of drug-likeness (QED) is 0.921. The number of piperazine rings is 1. The van der Waals surface area contributed by atoms with E-state index in [9.17, 15) is 0 Å². The predicted molar refractivity (Wildman–Crippen MR) is 89.8 cm³/mol. The number of ether oxygens (including phenoxy) is 1. The third-order valence-corrected chi connectivity index (χ3v) is 5.01. The second-order valence-corrected chi connectivity index (χ2v) is 6.16. The van der Waals surface area contributed by atoms with Gasteiger partial charge in [0.2, 0.25) is 0 Å². The van der Waals surface area contributed by atoms with Crippen molar-refractivity contribution in [3.63, 3.8) is 0 Å². The van der Waals surface area contributed by atoms with Crippen molar-refractivity contribution in [1.29, 1.82) is 0 Å². The lowest BCUT2D eigenvalue weighted by molar-refractivity contribution is 0.335. The molecule has 1 saturated heterocycles. The summed E-state index contributed by atoms with van der Waals surface area (Å²) in [7, 11) is 1.77. The van der Waals surface area contributed by atoms with Crippen molar-refractivity contribution < 1.29 is 4.74 Å². The summed E-state index contributed by atoms with van der Waals surface area (Å²) in [4.78, 5) is 2.57. The van der Waals surface area contributed by atoms with Gasteiger partial charge in [-0.2, -0.15) is 0 Å². The fourth-order valence-corrected chi connectivity index (χ4v) is 3.96. The van der Waals surface area contributed by atoms with Gasteiger partial charge in [0, 0.05) is 30.9 Å². The molecule has 1 aliphatic heterocycles. The number of benzene rings is 2. The van der Waals surface area contributed by atoms with Crippen LogP contribution in [0.1, 0.15) is 11.1 Å². The molecule has 4 rings (SSSR count). The van der Waals surface area contributed by atoms with Crippen LogP contribution < -0.4 is 15.0 Å². The molecule has 1 heterocycles. The van der Waals surface area contributed by atoms with Crippen molar-refractivity contribution in [1.82, 2.24) is 5.32 Å². The molecule has 22 heavy (non-hydrogen) atoms. The highest BCUT2D eigenvalue weighted by atomic mass is 16.5. The smallest absolute Gasteiger partial charge is 0.122 e. The summed E-state index contributed by atoms with van der Waals surface area (Å²) in [6, 6.07) is 18.2. The Balaban J connectivity index is 1.70. The van der Waals surface area contributed by atoms with Gasteiger partial charge in [-0.1, -0.05) is 30.3 Å². The second kappa shape index (κ2) is 5.65. The molecule has 2 aromatic rings. The molecule has 2 aromatic carbocycles. The summed E-state index contributed by atoms with van der Waals surface area (Å²) in [5.41, 5.74) is 4.15. The fraction of sp³-hybridized carbons (Fsp3) is 0.368. The van der Waals surface area contributed by atoms with Crippen molar-refractivity contribution in [3.8, 4) is 5.75 Å². The molecule has 0 aromatic heterocycles. The lowest BCUT2D eigenvalue weighted by Gasteiger charge is -2.46. The zero-order valence-electron chi connectivity index (χ0n) is 13.0. The molecule has 1 N–H and O–H groups in total. The zero-order chi connectivity index (χ0) is 14.9. The highest BCUT2D eigenvalue weighted by molar-refractivity contribution is 5.51. The van der Waals surface area contributed by atoms with E-state index >= 15 is 0 Å². The van der Waals surface area contributed by atoms with E-state index < -0.39 is 0 Å². The maximum Gasteiger partial charge on any atom is 0.122 e. The number of anilines is 1. The molecule has 1 fully saturated rings. The van der Waals surface area contributed by atoms with E-state index in [1.807, 2.05) is 0 Å². The molecule has 0 radical (unpaired) electrons. The Morgan fingerprint density at radius 1 is 1.05 bits per heavy atom. The number of para-hydroxylation sites is 1. The van der Waals surface area contributed by atoms with Crippen LogP contribution in [-0.4, -0.2) is 32.3 Å². The van der Waals surface area contributed by atoms with Gasteiger partial charge in [-0.05, 0) is 42.2 Å². The summed E-state index contributed by atoms with van der Waals surface area (Å²) in [5, 5.41) is 3.72. The highest BCUT2D eigenvalue weighted by Crippen LogP contribution is 2.34. The lowest BCUT2D eigenvalue weighted by atomic mass is 9.82. The van der Waals surface area contributed by atoms with Crippen molar-refractivity contribution in [2.75, 3.05) is 25.1 Å². The summed E-state index contributed by atoms with van der Waals surface area (Å²) in [6.45, 7) is 2.12. The number of fused-ring (bicyclic) bond motifs is 2. The van der Waals surface area contributed by atoms with Gasteiger partial charge in [0.15, 0.2) is 0 Å². The van der Waals surface area contributed by atoms with E-state index in [1.54, 1.807) is 7.11 Å². The molecule has 114 valence electrons. The average Bonchev–Trinajstić information content (AvgIpc) is 2.59. The van der Waals surface area contributed by atoms with Crippen molar-refractivity contribution in [3.05, 3.63) is 59.7 Å². The third-order valence-electron chi connectivity index (χ3n) is 5.01. The topological polar surface area (TPSA) is 24.5 Å². The van der Waals surface area contributed by atoms with Gasteiger partial charge in [-0.15, -0.1) is 0 Å². The largest absolute Gasteiger partial charge is 0.496 e. The van der Waals surface area contributed by atoms with E-state index in [0.29, 0.717) is 12.1 Å². The van der Waals surface area contributed by atoms with Crippen molar-refractivity contribution in [2.24, 2.45) is 0 Å². The third kappa shape index (κ3) is 2.26. The van der Waals surface area contributed by atoms with Gasteiger partial charge < -0.3 is 15.0 Å². The first-order valence-corrected chi connectivity index (χ1v) is 8.06. The van der Waals surface area contributed by atoms with Crippen LogP contribution in [0.4, 0.5) is 5.69 Å². The van der Waals surface area contributed by atoms with Crippen molar-refractivity contribution in [2.45, 2.75) is 24.9 Å². The minimum atomic E-state index is 0.500. The molecule has 3 heteroatoms. The maximum atomic E-state index is 5.59. The molecule has 0 unspecified atom stereocenters. The van der Waals surface area contributed by atoms with Crippen LogP contribution in [0.25, 0.3) is 0 Å². The zero-order valence-corrected chi connectivity index (χ0v) is 13.0. The standard InChI is InChI=1S/C19H22N2O/c1-22-19-9-5-6-14-12-17-18(13-16(14)19)21(11-10-20-17)15-7-3-2-4-8-15/h2-9,17-18,20H,10-13H2,1H3/t17-,18-/m1/s1. The molecular weight excluding hydrogens is 272 g/mol. The van der Waals surface area contributed by atoms with Gasteiger partial charge in [0.05, 0.1) is 7.11 Å². The fourth-order valence-electron chi connectivity index (χ4n) is 3.96. The summed E-state index contributed by atoms with van der Waals surface area (Å²) in [6.07, 6.45) is 2.13. The Bertz CT molecular complexity index is 656. The Morgan fingerprint density at radius 2 is 1.91 bits per heavy atom. The van der Waals surface area contributed by atoms with Gasteiger partial charge >= 0.3 is 0 Å². The molecular formula is C19H22N2O. The first-order chi connectivity index (χ1) is 10.9. The normalized spacial score (nSPS) is 23.6. The van der Waals surface area contributed by atoms with Crippen LogP contribution in [0.15, 0.2) is 48.5 Å². The van der Waals surface area contributed by atoms with Crippen LogP contribution in [0, 0.1) is 0 Å². The molecule has 2 aliphatic rings. The van der Waals surface area contributed by atoms with E-state index in [2.05, 4.69) is 58.7 Å². The summed E-state index contributed by atoms with van der Waals surface area (Å²) in [5.74, 6) is 1.04. The van der Waals surface area contributed by atoms with Gasteiger partial charge in [-0.25, -0.2) is 0 Å². The molecule has 2 atom stereocenters. The average molecular weight is 294 g/mol. The Kier molecular flexibility index (Phi) is 3.51. The number of hydrogen-bond donors (Lipinski definition) is 1. The second-order valence-electron chi connectivity index (χ2n) is 6.16. The summed E-state index contributed by atoms with van der Waals surface area (Å²) < 4.78 is 5.59. The van der Waals surface area contributed by atoms with E-state index in [0.717, 1.165) is 31.7 Å². The van der Waals surface area contributed by atoms with Gasteiger partial charge in [0.1, 0.15) is 5.75 Å². The number of hydrogen-bond acceptors (Lipinski definition) is 3. The highest BCUT2D eigenvalue weighted by Gasteiger charge is 2.36. The minimum absolute atomic E-state index is 0.500. The number of rotatable bonds is 2. The maximum absolute atomic E-state index is 5.59. The number of nitrogens with one attached hydrogen (secondary N) is 1. The SMILES string of the molecule is COc1cccc2c1C[C@@H]1[C@@H](C2)NCCN1c1ccccc1. The van der Waals surface area contributed by atoms with Crippen molar-refractivity contribution >= 4 is 5.69 Å². The predicted octanol–water partition coefficient (Wildman–Crippen LogP) is 2.64. The molecule has 0 spiro atoms. The summed E-state index contributed by atoms with van der Waals surface area (Å²) >= 11 is 0. The number of methoxy groups -OCH3 is 1. The lowest BCUT2D eigenvalue weighted by Crippen LogP contribution is -2.61. The van der Waals surface area contributed by atoms with Gasteiger partial charge in [0.25, 0.3) is 0 Å².